The summed E-state index contributed by atoms with van der Waals surface area (Å²) in [5.74, 6) is 1.12. The minimum atomic E-state index is -0.161. The average Bonchev–Trinajstić information content (AvgIpc) is 2.43. The maximum atomic E-state index is 13.0. The molecule has 1 saturated heterocycles. The summed E-state index contributed by atoms with van der Waals surface area (Å²) in [5, 5.41) is 3.70. The standard InChI is InChI=1S/C17H27FN2/c1-13(2)17(15-4-6-16(18)7-5-15)19-12-14-8-10-20(3)11-9-14/h4-7,13-14,17,19H,8-12H2,1-3H3. The number of likely N-dealkylation sites (tertiary alicyclic amines) is 1. The number of nitrogens with one attached hydrogen (secondary N) is 1. The van der Waals surface area contributed by atoms with E-state index in [4.69, 9.17) is 0 Å². The normalized spacial score (nSPS) is 19.4. The summed E-state index contributed by atoms with van der Waals surface area (Å²) in [4.78, 5) is 2.40. The molecule has 2 nitrogen and oxygen atoms in total. The zero-order valence-electron chi connectivity index (χ0n) is 12.9. The van der Waals surface area contributed by atoms with Gasteiger partial charge in [-0.15, -0.1) is 0 Å². The number of piperidine rings is 1. The summed E-state index contributed by atoms with van der Waals surface area (Å²) >= 11 is 0. The molecule has 0 bridgehead atoms. The van der Waals surface area contributed by atoms with Gasteiger partial charge in [0.05, 0.1) is 0 Å². The first kappa shape index (κ1) is 15.5. The third-order valence-electron chi connectivity index (χ3n) is 4.36. The third kappa shape index (κ3) is 4.29. The van der Waals surface area contributed by atoms with Crippen LogP contribution in [0.2, 0.25) is 0 Å². The molecular formula is C17H27FN2. The molecule has 1 aromatic carbocycles. The first-order valence-corrected chi connectivity index (χ1v) is 7.73. The molecule has 0 saturated carbocycles. The lowest BCUT2D eigenvalue weighted by atomic mass is 9.93. The van der Waals surface area contributed by atoms with Crippen LogP contribution in [-0.4, -0.2) is 31.6 Å². The van der Waals surface area contributed by atoms with Gasteiger partial charge in [-0.05, 0) is 69.1 Å². The van der Waals surface area contributed by atoms with E-state index in [1.54, 1.807) is 12.1 Å². The molecule has 20 heavy (non-hydrogen) atoms. The van der Waals surface area contributed by atoms with E-state index in [1.807, 2.05) is 12.1 Å². The molecule has 1 aliphatic rings. The van der Waals surface area contributed by atoms with Crippen molar-refractivity contribution in [2.75, 3.05) is 26.7 Å². The predicted molar refractivity (Wildman–Crippen MR) is 82.2 cm³/mol. The van der Waals surface area contributed by atoms with Crippen LogP contribution in [0.5, 0.6) is 0 Å². The number of halogens is 1. The second-order valence-electron chi connectivity index (χ2n) is 6.43. The van der Waals surface area contributed by atoms with Crippen LogP contribution in [0.15, 0.2) is 24.3 Å². The van der Waals surface area contributed by atoms with Crippen LogP contribution in [0.25, 0.3) is 0 Å². The number of benzene rings is 1. The maximum absolute atomic E-state index is 13.0. The Labute approximate surface area is 122 Å². The third-order valence-corrected chi connectivity index (χ3v) is 4.36. The lowest BCUT2D eigenvalue weighted by Crippen LogP contribution is -2.37. The molecule has 0 aromatic heterocycles. The van der Waals surface area contributed by atoms with Gasteiger partial charge in [-0.3, -0.25) is 0 Å². The van der Waals surface area contributed by atoms with Crippen LogP contribution >= 0.6 is 0 Å². The quantitative estimate of drug-likeness (QED) is 0.887. The molecule has 112 valence electrons. The maximum Gasteiger partial charge on any atom is 0.123 e. The Bertz CT molecular complexity index is 394. The Hall–Kier alpha value is -0.930. The van der Waals surface area contributed by atoms with Gasteiger partial charge in [0.2, 0.25) is 0 Å². The lowest BCUT2D eigenvalue weighted by Gasteiger charge is -2.31. The predicted octanol–water partition coefficient (Wildman–Crippen LogP) is 3.45. The van der Waals surface area contributed by atoms with Gasteiger partial charge in [-0.2, -0.15) is 0 Å². The summed E-state index contributed by atoms with van der Waals surface area (Å²) < 4.78 is 13.0. The minimum Gasteiger partial charge on any atom is -0.309 e. The second-order valence-corrected chi connectivity index (χ2v) is 6.43. The van der Waals surface area contributed by atoms with Gasteiger partial charge in [-0.1, -0.05) is 26.0 Å². The Kier molecular flexibility index (Phi) is 5.55. The van der Waals surface area contributed by atoms with Crippen LogP contribution in [-0.2, 0) is 0 Å². The lowest BCUT2D eigenvalue weighted by molar-refractivity contribution is 0.209. The van der Waals surface area contributed by atoms with E-state index in [9.17, 15) is 4.39 Å². The van der Waals surface area contributed by atoms with Crippen molar-refractivity contribution in [1.29, 1.82) is 0 Å². The summed E-state index contributed by atoms with van der Waals surface area (Å²) in [5.41, 5.74) is 1.19. The van der Waals surface area contributed by atoms with Crippen LogP contribution in [0.3, 0.4) is 0 Å². The van der Waals surface area contributed by atoms with E-state index in [0.29, 0.717) is 12.0 Å². The number of hydrogen-bond donors (Lipinski definition) is 1. The van der Waals surface area contributed by atoms with Crippen molar-refractivity contribution in [1.82, 2.24) is 10.2 Å². The van der Waals surface area contributed by atoms with E-state index in [-0.39, 0.29) is 5.82 Å². The molecule has 1 heterocycles. The largest absolute Gasteiger partial charge is 0.309 e. The van der Waals surface area contributed by atoms with E-state index in [0.717, 1.165) is 12.5 Å². The number of nitrogens with zero attached hydrogens (tertiary/aromatic N) is 1. The average molecular weight is 278 g/mol. The molecule has 0 radical (unpaired) electrons. The van der Waals surface area contributed by atoms with Gasteiger partial charge in [-0.25, -0.2) is 4.39 Å². The molecule has 0 spiro atoms. The van der Waals surface area contributed by atoms with Gasteiger partial charge >= 0.3 is 0 Å². The molecule has 1 N–H and O–H groups in total. The Balaban J connectivity index is 1.91. The van der Waals surface area contributed by atoms with Crippen molar-refractivity contribution in [3.8, 4) is 0 Å². The summed E-state index contributed by atoms with van der Waals surface area (Å²) in [6.45, 7) is 7.91. The van der Waals surface area contributed by atoms with Crippen LogP contribution in [0.4, 0.5) is 4.39 Å². The van der Waals surface area contributed by atoms with Crippen molar-refractivity contribution in [2.24, 2.45) is 11.8 Å². The molecule has 1 aromatic rings. The van der Waals surface area contributed by atoms with Crippen molar-refractivity contribution in [2.45, 2.75) is 32.7 Å². The molecule has 0 amide bonds. The Morgan fingerprint density at radius 3 is 2.35 bits per heavy atom. The monoisotopic (exact) mass is 278 g/mol. The fourth-order valence-corrected chi connectivity index (χ4v) is 2.97. The Morgan fingerprint density at radius 1 is 1.20 bits per heavy atom. The summed E-state index contributed by atoms with van der Waals surface area (Å²) in [6, 6.07) is 7.24. The second kappa shape index (κ2) is 7.19. The van der Waals surface area contributed by atoms with Gasteiger partial charge in [0.25, 0.3) is 0 Å². The smallest absolute Gasteiger partial charge is 0.123 e. The summed E-state index contributed by atoms with van der Waals surface area (Å²) in [7, 11) is 2.19. The number of hydrogen-bond acceptors (Lipinski definition) is 2. The van der Waals surface area contributed by atoms with E-state index < -0.39 is 0 Å². The minimum absolute atomic E-state index is 0.161. The van der Waals surface area contributed by atoms with Crippen molar-refractivity contribution < 1.29 is 4.39 Å². The molecule has 2 rings (SSSR count). The highest BCUT2D eigenvalue weighted by atomic mass is 19.1. The first-order chi connectivity index (χ1) is 9.56. The first-order valence-electron chi connectivity index (χ1n) is 7.73. The molecule has 3 heteroatoms. The van der Waals surface area contributed by atoms with Crippen LogP contribution in [0.1, 0.15) is 38.3 Å². The van der Waals surface area contributed by atoms with Crippen molar-refractivity contribution in [3.05, 3.63) is 35.6 Å². The molecule has 0 aliphatic carbocycles. The van der Waals surface area contributed by atoms with Crippen LogP contribution < -0.4 is 5.32 Å². The van der Waals surface area contributed by atoms with Gasteiger partial charge in [0, 0.05) is 6.04 Å². The fraction of sp³-hybridized carbons (Fsp3) is 0.647. The topological polar surface area (TPSA) is 15.3 Å². The highest BCUT2D eigenvalue weighted by molar-refractivity contribution is 5.20. The van der Waals surface area contributed by atoms with Crippen molar-refractivity contribution >= 4 is 0 Å². The zero-order valence-corrected chi connectivity index (χ0v) is 12.9. The SMILES string of the molecule is CC(C)C(NCC1CCN(C)CC1)c1ccc(F)cc1. The van der Waals surface area contributed by atoms with Gasteiger partial charge in [0.1, 0.15) is 5.82 Å². The summed E-state index contributed by atoms with van der Waals surface area (Å²) in [6.07, 6.45) is 2.55. The molecule has 1 atom stereocenters. The number of rotatable bonds is 5. The van der Waals surface area contributed by atoms with Crippen LogP contribution in [0, 0.1) is 17.7 Å². The molecule has 1 fully saturated rings. The van der Waals surface area contributed by atoms with Crippen molar-refractivity contribution in [3.63, 3.8) is 0 Å². The molecular weight excluding hydrogens is 251 g/mol. The molecule has 1 unspecified atom stereocenters. The van der Waals surface area contributed by atoms with Gasteiger partial charge in [0.15, 0.2) is 0 Å². The Morgan fingerprint density at radius 2 is 1.80 bits per heavy atom. The van der Waals surface area contributed by atoms with Gasteiger partial charge < -0.3 is 10.2 Å². The van der Waals surface area contributed by atoms with E-state index in [1.165, 1.54) is 31.5 Å². The fourth-order valence-electron chi connectivity index (χ4n) is 2.97. The highest BCUT2D eigenvalue weighted by Gasteiger charge is 2.20. The zero-order chi connectivity index (χ0) is 14.5. The van der Waals surface area contributed by atoms with E-state index in [2.05, 4.69) is 31.1 Å². The van der Waals surface area contributed by atoms with E-state index >= 15 is 0 Å². The molecule has 1 aliphatic heterocycles. The highest BCUT2D eigenvalue weighted by Crippen LogP contribution is 2.23.